The Morgan fingerprint density at radius 2 is 2.00 bits per heavy atom. The molecule has 1 aliphatic carbocycles. The van der Waals surface area contributed by atoms with Crippen molar-refractivity contribution < 1.29 is 12.9 Å². The monoisotopic (exact) mass is 409 g/mol. The van der Waals surface area contributed by atoms with Crippen molar-refractivity contribution in [2.24, 2.45) is 10.1 Å². The van der Waals surface area contributed by atoms with Crippen molar-refractivity contribution in [2.75, 3.05) is 6.54 Å². The average Bonchev–Trinajstić information content (AvgIpc) is 3.30. The molecule has 27 heavy (non-hydrogen) atoms. The Bertz CT molecular complexity index is 1020. The normalized spacial score (nSPS) is 24.7. The van der Waals surface area contributed by atoms with E-state index < -0.39 is 15.6 Å². The molecule has 0 radical (unpaired) electrons. The van der Waals surface area contributed by atoms with Crippen molar-refractivity contribution in [1.29, 1.82) is 0 Å². The van der Waals surface area contributed by atoms with Crippen molar-refractivity contribution >= 4 is 28.3 Å². The lowest BCUT2D eigenvalue weighted by atomic mass is 9.77. The zero-order valence-corrected chi connectivity index (χ0v) is 16.2. The summed E-state index contributed by atoms with van der Waals surface area (Å²) >= 11 is 0. The number of hydrogen-bond acceptors (Lipinski definition) is 7. The number of amidine groups is 1. The van der Waals surface area contributed by atoms with E-state index in [2.05, 4.69) is 14.5 Å². The fraction of sp³-hybridized carbons (Fsp3) is 0.471. The molecule has 3 aliphatic rings. The second-order valence-corrected chi connectivity index (χ2v) is 8.78. The second kappa shape index (κ2) is 6.29. The van der Waals surface area contributed by atoms with E-state index in [1.807, 2.05) is 11.0 Å². The van der Waals surface area contributed by atoms with Crippen LogP contribution in [-0.2, 0) is 15.6 Å². The van der Waals surface area contributed by atoms with Crippen molar-refractivity contribution in [3.63, 3.8) is 0 Å². The Hall–Kier alpha value is -1.97. The summed E-state index contributed by atoms with van der Waals surface area (Å²) in [5.74, 6) is 1.50. The van der Waals surface area contributed by atoms with Crippen molar-refractivity contribution in [2.45, 2.75) is 48.6 Å². The number of benzene rings is 1. The maximum atomic E-state index is 12.4. The van der Waals surface area contributed by atoms with E-state index in [4.69, 9.17) is 10.3 Å². The lowest BCUT2D eigenvalue weighted by Gasteiger charge is -2.34. The van der Waals surface area contributed by atoms with Gasteiger partial charge in [0.25, 0.3) is 10.0 Å². The highest BCUT2D eigenvalue weighted by Gasteiger charge is 2.42. The first-order chi connectivity index (χ1) is 12.5. The number of rotatable bonds is 2. The summed E-state index contributed by atoms with van der Waals surface area (Å²) in [6, 6.07) is 6.72. The van der Waals surface area contributed by atoms with Crippen LogP contribution in [0.4, 0.5) is 0 Å². The molecule has 5 rings (SSSR count). The summed E-state index contributed by atoms with van der Waals surface area (Å²) in [5, 5.41) is 4.09. The van der Waals surface area contributed by atoms with Crippen LogP contribution in [0.25, 0.3) is 0 Å². The lowest BCUT2D eigenvalue weighted by Crippen LogP contribution is -2.44. The molecule has 0 amide bonds. The van der Waals surface area contributed by atoms with Crippen LogP contribution in [0.3, 0.4) is 0 Å². The van der Waals surface area contributed by atoms with E-state index in [9.17, 15) is 8.42 Å². The first-order valence-electron chi connectivity index (χ1n) is 8.82. The molecule has 1 aromatic carbocycles. The lowest BCUT2D eigenvalue weighted by molar-refractivity contribution is 0.227. The van der Waals surface area contributed by atoms with Gasteiger partial charge < -0.3 is 15.2 Å². The summed E-state index contributed by atoms with van der Waals surface area (Å²) in [6.07, 6.45) is 4.50. The van der Waals surface area contributed by atoms with Gasteiger partial charge >= 0.3 is 0 Å². The van der Waals surface area contributed by atoms with E-state index in [1.165, 1.54) is 0 Å². The third-order valence-corrected chi connectivity index (χ3v) is 6.88. The van der Waals surface area contributed by atoms with Crippen LogP contribution in [0.15, 0.2) is 38.1 Å². The summed E-state index contributed by atoms with van der Waals surface area (Å²) < 4.78 is 34.3. The predicted molar refractivity (Wildman–Crippen MR) is 100 cm³/mol. The SMILES string of the molecule is Cl.NC1(c2noc(C3CCCN3C3=NS(=O)(=O)c4ccccc43)n2)CCC1. The van der Waals surface area contributed by atoms with Crippen LogP contribution in [-0.4, -0.2) is 35.8 Å². The Morgan fingerprint density at radius 1 is 1.22 bits per heavy atom. The zero-order valence-electron chi connectivity index (χ0n) is 14.5. The summed E-state index contributed by atoms with van der Waals surface area (Å²) in [7, 11) is -3.65. The minimum Gasteiger partial charge on any atom is -0.343 e. The highest BCUT2D eigenvalue weighted by molar-refractivity contribution is 7.90. The molecule has 1 saturated carbocycles. The second-order valence-electron chi connectivity index (χ2n) is 7.20. The van der Waals surface area contributed by atoms with Gasteiger partial charge in [-0.05, 0) is 44.2 Å². The van der Waals surface area contributed by atoms with Crippen molar-refractivity contribution in [3.8, 4) is 0 Å². The van der Waals surface area contributed by atoms with Gasteiger partial charge in [0.1, 0.15) is 10.9 Å². The Balaban J connectivity index is 0.00000180. The van der Waals surface area contributed by atoms with Gasteiger partial charge in [0.15, 0.2) is 11.7 Å². The Morgan fingerprint density at radius 3 is 2.74 bits per heavy atom. The standard InChI is InChI=1S/C17H19N5O3S.ClH/c18-17(8-4-9-17)16-19-15(25-20-16)12-6-3-10-22(12)14-11-5-1-2-7-13(11)26(23,24)21-14;/h1-2,5,7,12H,3-4,6,8-10,18H2;1H. The number of nitrogens with zero attached hydrogens (tertiary/aromatic N) is 4. The molecule has 1 atom stereocenters. The molecule has 8 nitrogen and oxygen atoms in total. The number of fused-ring (bicyclic) bond motifs is 1. The van der Waals surface area contributed by atoms with E-state index in [0.717, 1.165) is 32.1 Å². The van der Waals surface area contributed by atoms with Gasteiger partial charge in [0, 0.05) is 12.1 Å². The quantitative estimate of drug-likeness (QED) is 0.807. The number of likely N-dealkylation sites (tertiary alicyclic amines) is 1. The molecule has 2 fully saturated rings. The fourth-order valence-electron chi connectivity index (χ4n) is 3.93. The van der Waals surface area contributed by atoms with Crippen LogP contribution >= 0.6 is 12.4 Å². The van der Waals surface area contributed by atoms with Gasteiger partial charge in [0.2, 0.25) is 5.89 Å². The summed E-state index contributed by atoms with van der Waals surface area (Å²) in [5.41, 5.74) is 6.44. The van der Waals surface area contributed by atoms with E-state index >= 15 is 0 Å². The van der Waals surface area contributed by atoms with E-state index in [-0.39, 0.29) is 23.3 Å². The third kappa shape index (κ3) is 2.76. The number of halogens is 1. The minimum atomic E-state index is -3.65. The number of sulfonamides is 1. The summed E-state index contributed by atoms with van der Waals surface area (Å²) in [6.45, 7) is 0.693. The Kier molecular flexibility index (Phi) is 4.28. The third-order valence-electron chi connectivity index (χ3n) is 5.56. The van der Waals surface area contributed by atoms with Gasteiger partial charge in [-0.25, -0.2) is 0 Å². The van der Waals surface area contributed by atoms with Gasteiger partial charge in [-0.1, -0.05) is 17.3 Å². The van der Waals surface area contributed by atoms with Gasteiger partial charge in [-0.15, -0.1) is 16.8 Å². The molecule has 0 bridgehead atoms. The van der Waals surface area contributed by atoms with Gasteiger partial charge in [-0.3, -0.25) is 0 Å². The molecule has 10 heteroatoms. The molecule has 2 aliphatic heterocycles. The zero-order chi connectivity index (χ0) is 17.9. The largest absolute Gasteiger partial charge is 0.343 e. The molecule has 1 unspecified atom stereocenters. The molecule has 1 aromatic heterocycles. The predicted octanol–water partition coefficient (Wildman–Crippen LogP) is 2.12. The highest BCUT2D eigenvalue weighted by atomic mass is 35.5. The smallest absolute Gasteiger partial charge is 0.285 e. The van der Waals surface area contributed by atoms with Crippen LogP contribution in [0.1, 0.15) is 55.4 Å². The molecular formula is C17H20ClN5O3S. The molecule has 3 heterocycles. The fourth-order valence-corrected chi connectivity index (χ4v) is 5.14. The van der Waals surface area contributed by atoms with Crippen LogP contribution in [0, 0.1) is 0 Å². The van der Waals surface area contributed by atoms with Gasteiger partial charge in [-0.2, -0.15) is 13.4 Å². The molecule has 1 saturated heterocycles. The van der Waals surface area contributed by atoms with E-state index in [1.54, 1.807) is 18.2 Å². The maximum Gasteiger partial charge on any atom is 0.285 e. The molecule has 0 spiro atoms. The number of nitrogens with two attached hydrogens (primary N) is 1. The first-order valence-corrected chi connectivity index (χ1v) is 10.3. The highest BCUT2D eigenvalue weighted by Crippen LogP contribution is 2.40. The number of hydrogen-bond donors (Lipinski definition) is 1. The molecule has 2 N–H and O–H groups in total. The van der Waals surface area contributed by atoms with Crippen LogP contribution in [0.5, 0.6) is 0 Å². The molecular weight excluding hydrogens is 390 g/mol. The van der Waals surface area contributed by atoms with Crippen LogP contribution in [0.2, 0.25) is 0 Å². The molecule has 144 valence electrons. The topological polar surface area (TPSA) is 115 Å². The van der Waals surface area contributed by atoms with Crippen LogP contribution < -0.4 is 5.73 Å². The maximum absolute atomic E-state index is 12.4. The van der Waals surface area contributed by atoms with Crippen molar-refractivity contribution in [1.82, 2.24) is 15.0 Å². The Labute approximate surface area is 163 Å². The van der Waals surface area contributed by atoms with Gasteiger partial charge in [0.05, 0.1) is 5.54 Å². The minimum absolute atomic E-state index is 0. The number of aromatic nitrogens is 2. The average molecular weight is 410 g/mol. The summed E-state index contributed by atoms with van der Waals surface area (Å²) in [4.78, 5) is 6.77. The van der Waals surface area contributed by atoms with Crippen molar-refractivity contribution in [3.05, 3.63) is 41.5 Å². The first kappa shape index (κ1) is 18.4. The molecule has 2 aromatic rings. The van der Waals surface area contributed by atoms with E-state index in [0.29, 0.717) is 29.7 Å².